The number of aromatic nitrogens is 4. The third-order valence-corrected chi connectivity index (χ3v) is 7.61. The SMILES string of the molecule is CCn1c(SCc2csc(-c3ccccc3)n2)nnc1C(C)Oc1cc(C)c(Cl)c(C)c1. The van der Waals surface area contributed by atoms with E-state index in [1.165, 1.54) is 0 Å². The van der Waals surface area contributed by atoms with Crippen LogP contribution in [0, 0.1) is 13.8 Å². The summed E-state index contributed by atoms with van der Waals surface area (Å²) in [6.07, 6.45) is -0.235. The van der Waals surface area contributed by atoms with Crippen molar-refractivity contribution in [2.24, 2.45) is 0 Å². The van der Waals surface area contributed by atoms with E-state index in [-0.39, 0.29) is 6.10 Å². The van der Waals surface area contributed by atoms with Gasteiger partial charge < -0.3 is 9.30 Å². The van der Waals surface area contributed by atoms with Crippen LogP contribution in [0.2, 0.25) is 5.02 Å². The average Bonchev–Trinajstić information content (AvgIpc) is 3.43. The highest BCUT2D eigenvalue weighted by Gasteiger charge is 2.20. The second-order valence-corrected chi connectivity index (χ2v) is 9.69. The number of rotatable bonds is 8. The topological polar surface area (TPSA) is 52.8 Å². The lowest BCUT2D eigenvalue weighted by Gasteiger charge is -2.17. The van der Waals surface area contributed by atoms with Crippen LogP contribution in [0.5, 0.6) is 5.75 Å². The van der Waals surface area contributed by atoms with Crippen LogP contribution < -0.4 is 4.74 Å². The molecule has 32 heavy (non-hydrogen) atoms. The summed E-state index contributed by atoms with van der Waals surface area (Å²) in [4.78, 5) is 4.78. The predicted octanol–water partition coefficient (Wildman–Crippen LogP) is 7.12. The Morgan fingerprint density at radius 3 is 2.53 bits per heavy atom. The van der Waals surface area contributed by atoms with Crippen LogP contribution in [0.15, 0.2) is 53.0 Å². The van der Waals surface area contributed by atoms with Crippen LogP contribution in [-0.4, -0.2) is 19.7 Å². The molecule has 0 aliphatic carbocycles. The molecule has 0 aliphatic heterocycles. The predicted molar refractivity (Wildman–Crippen MR) is 133 cm³/mol. The number of halogens is 1. The zero-order valence-corrected chi connectivity index (χ0v) is 20.9. The highest BCUT2D eigenvalue weighted by atomic mass is 35.5. The van der Waals surface area contributed by atoms with Crippen molar-refractivity contribution >= 4 is 34.7 Å². The molecule has 0 saturated carbocycles. The molecule has 8 heteroatoms. The maximum atomic E-state index is 6.29. The summed E-state index contributed by atoms with van der Waals surface area (Å²) in [5.74, 6) is 2.34. The summed E-state index contributed by atoms with van der Waals surface area (Å²) in [5, 5.41) is 13.7. The van der Waals surface area contributed by atoms with E-state index < -0.39 is 0 Å². The van der Waals surface area contributed by atoms with E-state index in [1.54, 1.807) is 23.1 Å². The smallest absolute Gasteiger partial charge is 0.191 e. The standard InChI is InChI=1S/C24H25ClN4OS2/c1-5-29-22(17(4)30-20-11-15(2)21(25)16(3)12-20)27-28-24(29)32-14-19-13-31-23(26-19)18-9-7-6-8-10-18/h6-13,17H,5,14H2,1-4H3. The van der Waals surface area contributed by atoms with Crippen LogP contribution in [0.3, 0.4) is 0 Å². The molecule has 2 heterocycles. The monoisotopic (exact) mass is 484 g/mol. The Labute approximate surface area is 201 Å². The number of thiazole rings is 1. The van der Waals surface area contributed by atoms with E-state index in [0.29, 0.717) is 0 Å². The fourth-order valence-electron chi connectivity index (χ4n) is 3.46. The van der Waals surface area contributed by atoms with Gasteiger partial charge in [-0.1, -0.05) is 53.7 Å². The van der Waals surface area contributed by atoms with Gasteiger partial charge in [0.2, 0.25) is 0 Å². The summed E-state index contributed by atoms with van der Waals surface area (Å²) >= 11 is 9.60. The second kappa shape index (κ2) is 10.1. The van der Waals surface area contributed by atoms with Gasteiger partial charge in [-0.15, -0.1) is 21.5 Å². The van der Waals surface area contributed by atoms with Gasteiger partial charge in [-0.25, -0.2) is 4.98 Å². The van der Waals surface area contributed by atoms with Crippen LogP contribution in [-0.2, 0) is 12.3 Å². The van der Waals surface area contributed by atoms with Crippen LogP contribution >= 0.6 is 34.7 Å². The van der Waals surface area contributed by atoms with E-state index in [4.69, 9.17) is 21.3 Å². The number of benzene rings is 2. The van der Waals surface area contributed by atoms with Crippen molar-refractivity contribution in [3.63, 3.8) is 0 Å². The minimum absolute atomic E-state index is 0.235. The first kappa shape index (κ1) is 22.8. The van der Waals surface area contributed by atoms with Crippen LogP contribution in [0.25, 0.3) is 10.6 Å². The molecule has 0 spiro atoms. The molecule has 2 aromatic heterocycles. The van der Waals surface area contributed by atoms with E-state index in [1.807, 2.05) is 51.1 Å². The van der Waals surface area contributed by atoms with E-state index in [0.717, 1.165) is 61.4 Å². The molecule has 4 aromatic rings. The van der Waals surface area contributed by atoms with Gasteiger partial charge in [0.1, 0.15) is 10.8 Å². The molecule has 2 aromatic carbocycles. The molecule has 0 bridgehead atoms. The average molecular weight is 485 g/mol. The molecular weight excluding hydrogens is 460 g/mol. The lowest BCUT2D eigenvalue weighted by Crippen LogP contribution is -2.12. The van der Waals surface area contributed by atoms with Crippen molar-refractivity contribution < 1.29 is 4.74 Å². The number of ether oxygens (including phenoxy) is 1. The first-order valence-corrected chi connectivity index (χ1v) is 12.7. The zero-order chi connectivity index (χ0) is 22.7. The van der Waals surface area contributed by atoms with Gasteiger partial charge in [0, 0.05) is 28.3 Å². The highest BCUT2D eigenvalue weighted by molar-refractivity contribution is 7.98. The zero-order valence-electron chi connectivity index (χ0n) is 18.5. The number of thioether (sulfide) groups is 1. The molecule has 0 aliphatic rings. The number of nitrogens with zero attached hydrogens (tertiary/aromatic N) is 4. The minimum atomic E-state index is -0.235. The summed E-state index contributed by atoms with van der Waals surface area (Å²) in [6.45, 7) is 8.83. The number of hydrogen-bond acceptors (Lipinski definition) is 6. The molecule has 166 valence electrons. The normalized spacial score (nSPS) is 12.2. The Bertz CT molecular complexity index is 1180. The Morgan fingerprint density at radius 1 is 1.12 bits per heavy atom. The van der Waals surface area contributed by atoms with Crippen molar-refractivity contribution in [3.8, 4) is 16.3 Å². The summed E-state index contributed by atoms with van der Waals surface area (Å²) in [7, 11) is 0. The van der Waals surface area contributed by atoms with Crippen molar-refractivity contribution in [1.82, 2.24) is 19.7 Å². The van der Waals surface area contributed by atoms with E-state index >= 15 is 0 Å². The lowest BCUT2D eigenvalue weighted by atomic mass is 10.1. The second-order valence-electron chi connectivity index (χ2n) is 7.51. The molecule has 1 unspecified atom stereocenters. The van der Waals surface area contributed by atoms with Gasteiger partial charge in [0.25, 0.3) is 0 Å². The van der Waals surface area contributed by atoms with Crippen LogP contribution in [0.4, 0.5) is 0 Å². The fourth-order valence-corrected chi connectivity index (χ4v) is 5.40. The number of aryl methyl sites for hydroxylation is 2. The maximum absolute atomic E-state index is 6.29. The highest BCUT2D eigenvalue weighted by Crippen LogP contribution is 2.31. The molecular formula is C24H25ClN4OS2. The third kappa shape index (κ3) is 5.00. The first-order valence-electron chi connectivity index (χ1n) is 10.5. The molecule has 0 radical (unpaired) electrons. The largest absolute Gasteiger partial charge is 0.483 e. The Hall–Kier alpha value is -2.35. The summed E-state index contributed by atoms with van der Waals surface area (Å²) < 4.78 is 8.29. The fraction of sp³-hybridized carbons (Fsp3) is 0.292. The molecule has 0 amide bonds. The van der Waals surface area contributed by atoms with Gasteiger partial charge in [-0.05, 0) is 51.0 Å². The molecule has 0 fully saturated rings. The van der Waals surface area contributed by atoms with E-state index in [2.05, 4.69) is 39.2 Å². The van der Waals surface area contributed by atoms with Gasteiger partial charge in [0.05, 0.1) is 5.69 Å². The third-order valence-electron chi connectivity index (χ3n) is 5.07. The van der Waals surface area contributed by atoms with Crippen molar-refractivity contribution in [2.75, 3.05) is 0 Å². The molecule has 5 nitrogen and oxygen atoms in total. The Morgan fingerprint density at radius 2 is 1.84 bits per heavy atom. The summed E-state index contributed by atoms with van der Waals surface area (Å²) in [6, 6.07) is 14.2. The van der Waals surface area contributed by atoms with Crippen molar-refractivity contribution in [1.29, 1.82) is 0 Å². The van der Waals surface area contributed by atoms with Crippen molar-refractivity contribution in [2.45, 2.75) is 51.3 Å². The van der Waals surface area contributed by atoms with Gasteiger partial charge >= 0.3 is 0 Å². The van der Waals surface area contributed by atoms with Crippen molar-refractivity contribution in [3.05, 3.63) is 75.5 Å². The molecule has 0 saturated heterocycles. The Kier molecular flexibility index (Phi) is 7.18. The molecule has 4 rings (SSSR count). The number of hydrogen-bond donors (Lipinski definition) is 0. The minimum Gasteiger partial charge on any atom is -0.483 e. The summed E-state index contributed by atoms with van der Waals surface area (Å²) in [5.41, 5.74) is 4.19. The van der Waals surface area contributed by atoms with Gasteiger partial charge in [-0.2, -0.15) is 0 Å². The molecule has 1 atom stereocenters. The Balaban J connectivity index is 1.45. The van der Waals surface area contributed by atoms with Crippen LogP contribution in [0.1, 0.15) is 42.6 Å². The van der Waals surface area contributed by atoms with E-state index in [9.17, 15) is 0 Å². The molecule has 0 N–H and O–H groups in total. The van der Waals surface area contributed by atoms with Gasteiger partial charge in [0.15, 0.2) is 17.1 Å². The maximum Gasteiger partial charge on any atom is 0.191 e. The van der Waals surface area contributed by atoms with Gasteiger partial charge in [-0.3, -0.25) is 0 Å². The first-order chi connectivity index (χ1) is 15.5. The quantitative estimate of drug-likeness (QED) is 0.249. The lowest BCUT2D eigenvalue weighted by molar-refractivity contribution is 0.209.